The van der Waals surface area contributed by atoms with Crippen molar-refractivity contribution in [2.75, 3.05) is 11.6 Å². The molecule has 0 aliphatic heterocycles. The molecule has 6 heteroatoms. The number of hydrogen-bond acceptors (Lipinski definition) is 3. The summed E-state index contributed by atoms with van der Waals surface area (Å²) in [5.74, 6) is 1.99. The van der Waals surface area contributed by atoms with Crippen molar-refractivity contribution in [3.05, 3.63) is 10.5 Å². The number of nitrogens with one attached hydrogen (secondary N) is 1. The summed E-state index contributed by atoms with van der Waals surface area (Å²) >= 11 is 7.33. The van der Waals surface area contributed by atoms with Gasteiger partial charge in [-0.15, -0.1) is 16.7 Å². The second-order valence-corrected chi connectivity index (χ2v) is 5.28. The van der Waals surface area contributed by atoms with E-state index in [0.29, 0.717) is 17.8 Å². The first-order valence-electron chi connectivity index (χ1n) is 5.08. The van der Waals surface area contributed by atoms with Gasteiger partial charge >= 0.3 is 5.69 Å². The van der Waals surface area contributed by atoms with Crippen molar-refractivity contribution in [1.82, 2.24) is 14.8 Å². The van der Waals surface area contributed by atoms with Gasteiger partial charge in [-0.2, -0.15) is 0 Å². The summed E-state index contributed by atoms with van der Waals surface area (Å²) < 4.78 is 1.77. The molecule has 0 spiro atoms. The summed E-state index contributed by atoms with van der Waals surface area (Å²) in [6, 6.07) is 0.380. The smallest absolute Gasteiger partial charge is 0.267 e. The van der Waals surface area contributed by atoms with Crippen molar-refractivity contribution in [3.8, 4) is 0 Å². The number of halogens is 1. The van der Waals surface area contributed by atoms with Crippen LogP contribution in [0.15, 0.2) is 9.95 Å². The minimum absolute atomic E-state index is 0.0847. The number of thioether (sulfide) groups is 1. The van der Waals surface area contributed by atoms with Gasteiger partial charge < -0.3 is 0 Å². The van der Waals surface area contributed by atoms with Crippen molar-refractivity contribution < 1.29 is 0 Å². The molecule has 1 aliphatic carbocycles. The predicted molar refractivity (Wildman–Crippen MR) is 61.7 cm³/mol. The van der Waals surface area contributed by atoms with E-state index in [4.69, 9.17) is 11.6 Å². The van der Waals surface area contributed by atoms with Gasteiger partial charge in [0.15, 0.2) is 5.16 Å². The number of nitrogens with zero attached hydrogens (tertiary/aromatic N) is 2. The van der Waals surface area contributed by atoms with Crippen molar-refractivity contribution >= 4 is 23.4 Å². The molecular formula is C9H14ClN3OS. The van der Waals surface area contributed by atoms with E-state index < -0.39 is 0 Å². The Morgan fingerprint density at radius 1 is 1.73 bits per heavy atom. The van der Waals surface area contributed by atoms with Gasteiger partial charge in [0, 0.05) is 17.7 Å². The van der Waals surface area contributed by atoms with Gasteiger partial charge in [-0.1, -0.05) is 18.7 Å². The van der Waals surface area contributed by atoms with E-state index in [1.807, 2.05) is 0 Å². The van der Waals surface area contributed by atoms with Crippen molar-refractivity contribution in [1.29, 1.82) is 0 Å². The first-order chi connectivity index (χ1) is 7.22. The van der Waals surface area contributed by atoms with E-state index >= 15 is 0 Å². The first-order valence-corrected chi connectivity index (χ1v) is 6.60. The third-order valence-electron chi connectivity index (χ3n) is 2.34. The van der Waals surface area contributed by atoms with E-state index in [2.05, 4.69) is 17.1 Å². The third kappa shape index (κ3) is 2.58. The monoisotopic (exact) mass is 247 g/mol. The van der Waals surface area contributed by atoms with Crippen LogP contribution in [0.2, 0.25) is 0 Å². The highest BCUT2D eigenvalue weighted by atomic mass is 35.5. The number of rotatable bonds is 5. The normalized spacial score (nSPS) is 18.0. The molecule has 1 N–H and O–H groups in total. The fraction of sp³-hybridized carbons (Fsp3) is 0.778. The largest absolute Gasteiger partial charge is 0.344 e. The van der Waals surface area contributed by atoms with Gasteiger partial charge in [-0.25, -0.2) is 9.89 Å². The Morgan fingerprint density at radius 3 is 3.07 bits per heavy atom. The third-order valence-corrected chi connectivity index (χ3v) is 4.15. The van der Waals surface area contributed by atoms with Crippen LogP contribution >= 0.6 is 23.4 Å². The van der Waals surface area contributed by atoms with Gasteiger partial charge in [-0.05, 0) is 18.8 Å². The average molecular weight is 248 g/mol. The molecule has 2 rings (SSSR count). The SMILES string of the molecule is CC(CCl)CSc1n[nH]c(=O)n1C1CC1. The molecule has 1 atom stereocenters. The van der Waals surface area contributed by atoms with Crippen LogP contribution < -0.4 is 5.69 Å². The van der Waals surface area contributed by atoms with Crippen LogP contribution in [0.5, 0.6) is 0 Å². The minimum Gasteiger partial charge on any atom is -0.267 e. The minimum atomic E-state index is -0.0847. The van der Waals surface area contributed by atoms with Gasteiger partial charge in [0.25, 0.3) is 0 Å². The molecule has 1 unspecified atom stereocenters. The number of alkyl halides is 1. The average Bonchev–Trinajstić information content (AvgIpc) is 3.00. The second kappa shape index (κ2) is 4.61. The molecule has 1 saturated carbocycles. The molecule has 0 aromatic carbocycles. The maximum Gasteiger partial charge on any atom is 0.344 e. The summed E-state index contributed by atoms with van der Waals surface area (Å²) in [6.45, 7) is 2.09. The lowest BCUT2D eigenvalue weighted by Gasteiger charge is -2.06. The molecule has 1 aromatic heterocycles. The Bertz CT molecular complexity index is 385. The van der Waals surface area contributed by atoms with Crippen LogP contribution in [0, 0.1) is 5.92 Å². The number of aromatic nitrogens is 3. The number of hydrogen-bond donors (Lipinski definition) is 1. The Labute approximate surface area is 97.4 Å². The maximum absolute atomic E-state index is 11.4. The standard InChI is InChI=1S/C9H14ClN3OS/c1-6(4-10)5-15-9-12-11-8(14)13(9)7-2-3-7/h6-7H,2-5H2,1H3,(H,11,14). The Morgan fingerprint density at radius 2 is 2.47 bits per heavy atom. The fourth-order valence-electron chi connectivity index (χ4n) is 1.31. The Kier molecular flexibility index (Phi) is 3.41. The first kappa shape index (κ1) is 11.1. The highest BCUT2D eigenvalue weighted by Crippen LogP contribution is 2.36. The van der Waals surface area contributed by atoms with Gasteiger partial charge in [0.1, 0.15) is 0 Å². The summed E-state index contributed by atoms with van der Waals surface area (Å²) in [4.78, 5) is 11.4. The van der Waals surface area contributed by atoms with Crippen molar-refractivity contribution in [3.63, 3.8) is 0 Å². The Hall–Kier alpha value is -0.420. The number of aromatic amines is 1. The molecule has 0 radical (unpaired) electrons. The molecule has 1 heterocycles. The van der Waals surface area contributed by atoms with Crippen LogP contribution in [-0.2, 0) is 0 Å². The summed E-state index contributed by atoms with van der Waals surface area (Å²) in [6.07, 6.45) is 2.19. The molecular weight excluding hydrogens is 234 g/mol. The molecule has 15 heavy (non-hydrogen) atoms. The molecule has 1 aliphatic rings. The lowest BCUT2D eigenvalue weighted by atomic mass is 10.3. The van der Waals surface area contributed by atoms with E-state index in [1.165, 1.54) is 0 Å². The molecule has 0 bridgehead atoms. The van der Waals surface area contributed by atoms with Gasteiger partial charge in [0.2, 0.25) is 0 Å². The highest BCUT2D eigenvalue weighted by Gasteiger charge is 2.28. The second-order valence-electron chi connectivity index (χ2n) is 3.98. The van der Waals surface area contributed by atoms with Crippen LogP contribution in [0.4, 0.5) is 0 Å². The van der Waals surface area contributed by atoms with Crippen LogP contribution in [0.3, 0.4) is 0 Å². The topological polar surface area (TPSA) is 50.7 Å². The molecule has 84 valence electrons. The molecule has 1 aromatic rings. The van der Waals surface area contributed by atoms with E-state index in [9.17, 15) is 4.79 Å². The van der Waals surface area contributed by atoms with Gasteiger partial charge in [-0.3, -0.25) is 4.57 Å². The van der Waals surface area contributed by atoms with Crippen LogP contribution in [0.1, 0.15) is 25.8 Å². The summed E-state index contributed by atoms with van der Waals surface area (Å²) in [5, 5.41) is 7.34. The lowest BCUT2D eigenvalue weighted by Crippen LogP contribution is -2.16. The Balaban J connectivity index is 2.04. The number of H-pyrrole nitrogens is 1. The zero-order chi connectivity index (χ0) is 10.8. The predicted octanol–water partition coefficient (Wildman–Crippen LogP) is 1.87. The van der Waals surface area contributed by atoms with Crippen molar-refractivity contribution in [2.45, 2.75) is 31.0 Å². The summed E-state index contributed by atoms with van der Waals surface area (Å²) in [5.41, 5.74) is -0.0847. The fourth-order valence-corrected chi connectivity index (χ4v) is 2.58. The maximum atomic E-state index is 11.4. The van der Waals surface area contributed by atoms with E-state index in [0.717, 1.165) is 23.8 Å². The van der Waals surface area contributed by atoms with Crippen molar-refractivity contribution in [2.24, 2.45) is 5.92 Å². The quantitative estimate of drug-likeness (QED) is 0.639. The van der Waals surface area contributed by atoms with E-state index in [1.54, 1.807) is 16.3 Å². The molecule has 1 fully saturated rings. The molecule has 4 nitrogen and oxygen atoms in total. The van der Waals surface area contributed by atoms with Gasteiger partial charge in [0.05, 0.1) is 0 Å². The molecule has 0 saturated heterocycles. The van der Waals surface area contributed by atoms with E-state index in [-0.39, 0.29) is 5.69 Å². The molecule has 0 amide bonds. The summed E-state index contributed by atoms with van der Waals surface area (Å²) in [7, 11) is 0. The van der Waals surface area contributed by atoms with Crippen LogP contribution in [0.25, 0.3) is 0 Å². The zero-order valence-corrected chi connectivity index (χ0v) is 10.1. The van der Waals surface area contributed by atoms with Crippen LogP contribution in [-0.4, -0.2) is 26.4 Å². The highest BCUT2D eigenvalue weighted by molar-refractivity contribution is 7.99. The lowest BCUT2D eigenvalue weighted by molar-refractivity contribution is 0.640. The zero-order valence-electron chi connectivity index (χ0n) is 8.57.